The molecule has 0 aliphatic heterocycles. The van der Waals surface area contributed by atoms with Crippen molar-refractivity contribution in [3.05, 3.63) is 53.3 Å². The Labute approximate surface area is 114 Å². The largest absolute Gasteiger partial charge is 0.380 e. The zero-order valence-corrected chi connectivity index (χ0v) is 11.6. The Morgan fingerprint density at radius 1 is 1.21 bits per heavy atom. The van der Waals surface area contributed by atoms with Crippen LogP contribution >= 0.6 is 0 Å². The number of nitrogens with one attached hydrogen (secondary N) is 1. The second kappa shape index (κ2) is 7.07. The molecule has 19 heavy (non-hydrogen) atoms. The molecular formula is C15H21N3O. The van der Waals surface area contributed by atoms with E-state index in [2.05, 4.69) is 34.7 Å². The smallest absolute Gasteiger partial charge is 0.0716 e. The Bertz CT molecular complexity index is 508. The molecule has 0 atom stereocenters. The zero-order valence-electron chi connectivity index (χ0n) is 11.6. The number of hydrogen-bond acceptors (Lipinski definition) is 3. The third-order valence-electron chi connectivity index (χ3n) is 3.21. The van der Waals surface area contributed by atoms with Crippen molar-refractivity contribution in [3.8, 4) is 0 Å². The van der Waals surface area contributed by atoms with Gasteiger partial charge in [-0.3, -0.25) is 4.68 Å². The van der Waals surface area contributed by atoms with Crippen molar-refractivity contribution >= 4 is 0 Å². The molecule has 4 nitrogen and oxygen atoms in total. The van der Waals surface area contributed by atoms with E-state index in [0.29, 0.717) is 6.61 Å². The Kier molecular flexibility index (Phi) is 5.12. The first kappa shape index (κ1) is 13.8. The molecule has 1 heterocycles. The number of rotatable bonds is 7. The predicted octanol–water partition coefficient (Wildman–Crippen LogP) is 1.90. The number of aryl methyl sites for hydroxylation is 1. The predicted molar refractivity (Wildman–Crippen MR) is 75.8 cm³/mol. The molecule has 102 valence electrons. The summed E-state index contributed by atoms with van der Waals surface area (Å²) >= 11 is 0. The van der Waals surface area contributed by atoms with E-state index in [1.165, 1.54) is 16.8 Å². The summed E-state index contributed by atoms with van der Waals surface area (Å²) in [6.07, 6.45) is 2.83. The number of aromatic nitrogens is 2. The first-order chi connectivity index (χ1) is 9.31. The van der Waals surface area contributed by atoms with Crippen molar-refractivity contribution in [3.63, 3.8) is 0 Å². The fourth-order valence-electron chi connectivity index (χ4n) is 2.11. The van der Waals surface area contributed by atoms with E-state index in [4.69, 9.17) is 4.74 Å². The van der Waals surface area contributed by atoms with Gasteiger partial charge in [-0.25, -0.2) is 0 Å². The third-order valence-corrected chi connectivity index (χ3v) is 3.21. The summed E-state index contributed by atoms with van der Waals surface area (Å²) in [5, 5.41) is 7.63. The molecule has 0 radical (unpaired) electrons. The van der Waals surface area contributed by atoms with Gasteiger partial charge in [0, 0.05) is 45.6 Å². The molecule has 0 amide bonds. The van der Waals surface area contributed by atoms with Gasteiger partial charge in [-0.05, 0) is 17.2 Å². The average Bonchev–Trinajstić information content (AvgIpc) is 2.82. The fraction of sp³-hybridized carbons (Fsp3) is 0.400. The van der Waals surface area contributed by atoms with E-state index in [1.807, 2.05) is 24.0 Å². The van der Waals surface area contributed by atoms with Crippen LogP contribution in [0.3, 0.4) is 0 Å². The molecule has 4 heteroatoms. The molecule has 0 bridgehead atoms. The summed E-state index contributed by atoms with van der Waals surface area (Å²) < 4.78 is 7.13. The van der Waals surface area contributed by atoms with E-state index in [0.717, 1.165) is 19.5 Å². The average molecular weight is 259 g/mol. The van der Waals surface area contributed by atoms with Gasteiger partial charge in [-0.15, -0.1) is 0 Å². The highest BCUT2D eigenvalue weighted by Gasteiger charge is 2.02. The van der Waals surface area contributed by atoms with Crippen molar-refractivity contribution in [2.75, 3.05) is 13.7 Å². The maximum absolute atomic E-state index is 5.21. The summed E-state index contributed by atoms with van der Waals surface area (Å²) in [6, 6.07) is 10.4. The van der Waals surface area contributed by atoms with Gasteiger partial charge in [0.1, 0.15) is 0 Å². The molecule has 0 aliphatic carbocycles. The van der Waals surface area contributed by atoms with Gasteiger partial charge in [-0.1, -0.05) is 24.3 Å². The summed E-state index contributed by atoms with van der Waals surface area (Å²) in [5.74, 6) is 0. The number of hydrogen-bond donors (Lipinski definition) is 1. The Morgan fingerprint density at radius 3 is 2.68 bits per heavy atom. The van der Waals surface area contributed by atoms with Crippen molar-refractivity contribution in [2.24, 2.45) is 7.05 Å². The van der Waals surface area contributed by atoms with Crippen LogP contribution in [0.2, 0.25) is 0 Å². The first-order valence-corrected chi connectivity index (χ1v) is 6.54. The topological polar surface area (TPSA) is 39.1 Å². The van der Waals surface area contributed by atoms with Crippen LogP contribution in [0.4, 0.5) is 0 Å². The van der Waals surface area contributed by atoms with Gasteiger partial charge in [-0.2, -0.15) is 5.10 Å². The van der Waals surface area contributed by atoms with Crippen LogP contribution in [-0.4, -0.2) is 23.4 Å². The summed E-state index contributed by atoms with van der Waals surface area (Å²) in [6.45, 7) is 2.48. The maximum atomic E-state index is 5.21. The van der Waals surface area contributed by atoms with Gasteiger partial charge in [0.2, 0.25) is 0 Å². The van der Waals surface area contributed by atoms with Crippen LogP contribution in [0.25, 0.3) is 0 Å². The minimum Gasteiger partial charge on any atom is -0.380 e. The van der Waals surface area contributed by atoms with Gasteiger partial charge in [0.25, 0.3) is 0 Å². The van der Waals surface area contributed by atoms with E-state index >= 15 is 0 Å². The molecule has 0 saturated carbocycles. The molecule has 0 spiro atoms. The maximum Gasteiger partial charge on any atom is 0.0716 e. The van der Waals surface area contributed by atoms with Crippen molar-refractivity contribution in [1.82, 2.24) is 15.1 Å². The van der Waals surface area contributed by atoms with Gasteiger partial charge < -0.3 is 10.1 Å². The van der Waals surface area contributed by atoms with Crippen molar-refractivity contribution in [2.45, 2.75) is 19.6 Å². The molecule has 0 unspecified atom stereocenters. The molecule has 0 fully saturated rings. The molecule has 0 saturated heterocycles. The van der Waals surface area contributed by atoms with Crippen LogP contribution in [0.1, 0.15) is 16.8 Å². The van der Waals surface area contributed by atoms with Crippen LogP contribution in [-0.2, 0) is 31.4 Å². The first-order valence-electron chi connectivity index (χ1n) is 6.54. The quantitative estimate of drug-likeness (QED) is 0.772. The molecule has 1 aromatic carbocycles. The van der Waals surface area contributed by atoms with Crippen molar-refractivity contribution in [1.29, 1.82) is 0 Å². The molecular weight excluding hydrogens is 238 g/mol. The van der Waals surface area contributed by atoms with Crippen LogP contribution in [0.5, 0.6) is 0 Å². The van der Waals surface area contributed by atoms with Crippen LogP contribution in [0.15, 0.2) is 36.5 Å². The number of benzene rings is 1. The van der Waals surface area contributed by atoms with Gasteiger partial charge >= 0.3 is 0 Å². The zero-order chi connectivity index (χ0) is 13.5. The number of ether oxygens (including phenoxy) is 1. The summed E-state index contributed by atoms with van der Waals surface area (Å²) in [5.41, 5.74) is 3.80. The van der Waals surface area contributed by atoms with Crippen molar-refractivity contribution < 1.29 is 4.74 Å². The van der Waals surface area contributed by atoms with Gasteiger partial charge in [0.15, 0.2) is 0 Å². The molecule has 2 rings (SSSR count). The normalized spacial score (nSPS) is 10.8. The molecule has 1 N–H and O–H groups in total. The minimum atomic E-state index is 0.666. The molecule has 0 aliphatic rings. The Morgan fingerprint density at radius 2 is 2.00 bits per heavy atom. The van der Waals surface area contributed by atoms with E-state index in [9.17, 15) is 0 Å². The van der Waals surface area contributed by atoms with E-state index in [1.54, 1.807) is 7.11 Å². The Balaban J connectivity index is 1.81. The van der Waals surface area contributed by atoms with Crippen LogP contribution < -0.4 is 5.32 Å². The van der Waals surface area contributed by atoms with Crippen LogP contribution in [0, 0.1) is 0 Å². The highest BCUT2D eigenvalue weighted by molar-refractivity contribution is 5.26. The SMILES string of the molecule is COCc1ccccc1CNCCc1ccnn1C. The summed E-state index contributed by atoms with van der Waals surface area (Å²) in [7, 11) is 3.70. The third kappa shape index (κ3) is 3.91. The second-order valence-corrected chi connectivity index (χ2v) is 4.57. The summed E-state index contributed by atoms with van der Waals surface area (Å²) in [4.78, 5) is 0. The van der Waals surface area contributed by atoms with E-state index in [-0.39, 0.29) is 0 Å². The minimum absolute atomic E-state index is 0.666. The highest BCUT2D eigenvalue weighted by atomic mass is 16.5. The number of methoxy groups -OCH3 is 1. The lowest BCUT2D eigenvalue weighted by atomic mass is 10.1. The molecule has 2 aromatic rings. The van der Waals surface area contributed by atoms with Gasteiger partial charge in [0.05, 0.1) is 6.61 Å². The standard InChI is InChI=1S/C15H21N3O/c1-18-15(8-10-17-18)7-9-16-11-13-5-3-4-6-14(13)12-19-2/h3-6,8,10,16H,7,9,11-12H2,1-2H3. The monoisotopic (exact) mass is 259 g/mol. The highest BCUT2D eigenvalue weighted by Crippen LogP contribution is 2.09. The number of nitrogens with zero attached hydrogens (tertiary/aromatic N) is 2. The lowest BCUT2D eigenvalue weighted by Crippen LogP contribution is -2.18. The lowest BCUT2D eigenvalue weighted by Gasteiger charge is -2.10. The van der Waals surface area contributed by atoms with E-state index < -0.39 is 0 Å². The Hall–Kier alpha value is -1.65. The second-order valence-electron chi connectivity index (χ2n) is 4.57. The fourth-order valence-corrected chi connectivity index (χ4v) is 2.11. The lowest BCUT2D eigenvalue weighted by molar-refractivity contribution is 0.184. The molecule has 1 aromatic heterocycles.